The standard InChI is InChI=1S/C17H16BrN5S.2C2H6/c1-3-4-5-6-23-16-14(15(19)20-10-21-16)22-17(23)24-13-8-11(2)7-12(18)9-13;2*1-2/h1,7-10H,4-6H2,2H3,(H2,19,20,21);2*1-2H3. The average molecular weight is 462 g/mol. The first-order valence-electron chi connectivity index (χ1n) is 9.43. The molecule has 3 aromatic rings. The van der Waals surface area contributed by atoms with Gasteiger partial charge in [-0.15, -0.1) is 12.3 Å². The Balaban J connectivity index is 0.000000921. The van der Waals surface area contributed by atoms with Crippen molar-refractivity contribution in [1.82, 2.24) is 19.5 Å². The third-order valence-electron chi connectivity index (χ3n) is 3.45. The molecular weight excluding hydrogens is 434 g/mol. The molecule has 0 aliphatic rings. The van der Waals surface area contributed by atoms with E-state index < -0.39 is 0 Å². The van der Waals surface area contributed by atoms with Gasteiger partial charge in [0.1, 0.15) is 6.33 Å². The van der Waals surface area contributed by atoms with Gasteiger partial charge in [0.25, 0.3) is 0 Å². The summed E-state index contributed by atoms with van der Waals surface area (Å²) in [5.74, 6) is 3.06. The van der Waals surface area contributed by atoms with Gasteiger partial charge < -0.3 is 10.3 Å². The van der Waals surface area contributed by atoms with Crippen LogP contribution in [0.3, 0.4) is 0 Å². The zero-order valence-electron chi connectivity index (χ0n) is 17.2. The van der Waals surface area contributed by atoms with Crippen LogP contribution in [0, 0.1) is 19.3 Å². The maximum atomic E-state index is 5.96. The molecule has 0 radical (unpaired) electrons. The first-order valence-corrected chi connectivity index (χ1v) is 11.0. The van der Waals surface area contributed by atoms with Gasteiger partial charge in [-0.25, -0.2) is 15.0 Å². The molecule has 0 saturated carbocycles. The number of aromatic nitrogens is 4. The van der Waals surface area contributed by atoms with Crippen molar-refractivity contribution in [3.8, 4) is 12.3 Å². The van der Waals surface area contributed by atoms with Gasteiger partial charge in [-0.1, -0.05) is 55.4 Å². The molecule has 0 unspecified atom stereocenters. The second-order valence-electron chi connectivity index (χ2n) is 5.35. The molecule has 28 heavy (non-hydrogen) atoms. The number of terminal acetylenes is 1. The van der Waals surface area contributed by atoms with E-state index in [0.717, 1.165) is 33.1 Å². The molecule has 3 rings (SSSR count). The highest BCUT2D eigenvalue weighted by atomic mass is 79.9. The number of halogens is 1. The predicted molar refractivity (Wildman–Crippen MR) is 124 cm³/mol. The Kier molecular flexibility index (Phi) is 10.6. The highest BCUT2D eigenvalue weighted by Crippen LogP contribution is 2.33. The Morgan fingerprint density at radius 2 is 1.89 bits per heavy atom. The van der Waals surface area contributed by atoms with Gasteiger partial charge >= 0.3 is 0 Å². The van der Waals surface area contributed by atoms with Crippen LogP contribution in [0.4, 0.5) is 5.82 Å². The van der Waals surface area contributed by atoms with E-state index in [1.54, 1.807) is 11.8 Å². The number of nitrogens with zero attached hydrogens (tertiary/aromatic N) is 4. The summed E-state index contributed by atoms with van der Waals surface area (Å²) in [4.78, 5) is 14.1. The Bertz CT molecular complexity index is 910. The van der Waals surface area contributed by atoms with Crippen molar-refractivity contribution in [3.05, 3.63) is 34.6 Å². The van der Waals surface area contributed by atoms with E-state index in [9.17, 15) is 0 Å². The molecule has 5 nitrogen and oxygen atoms in total. The molecule has 2 heterocycles. The van der Waals surface area contributed by atoms with Gasteiger partial charge in [-0.2, -0.15) is 0 Å². The summed E-state index contributed by atoms with van der Waals surface area (Å²) in [6, 6.07) is 6.26. The minimum absolute atomic E-state index is 0.392. The second kappa shape index (κ2) is 12.4. The highest BCUT2D eigenvalue weighted by molar-refractivity contribution is 9.10. The minimum atomic E-state index is 0.392. The molecule has 2 aromatic heterocycles. The van der Waals surface area contributed by atoms with Crippen LogP contribution in [-0.2, 0) is 6.54 Å². The highest BCUT2D eigenvalue weighted by Gasteiger charge is 2.16. The van der Waals surface area contributed by atoms with Crippen LogP contribution in [0.5, 0.6) is 0 Å². The van der Waals surface area contributed by atoms with Crippen molar-refractivity contribution >= 4 is 44.7 Å². The lowest BCUT2D eigenvalue weighted by atomic mass is 10.2. The minimum Gasteiger partial charge on any atom is -0.382 e. The fourth-order valence-electron chi connectivity index (χ4n) is 2.42. The number of imidazole rings is 1. The summed E-state index contributed by atoms with van der Waals surface area (Å²) >= 11 is 5.12. The van der Waals surface area contributed by atoms with Crippen molar-refractivity contribution < 1.29 is 0 Å². The van der Waals surface area contributed by atoms with E-state index in [4.69, 9.17) is 12.2 Å². The number of aryl methyl sites for hydroxylation is 2. The fraction of sp³-hybridized carbons (Fsp3) is 0.381. The second-order valence-corrected chi connectivity index (χ2v) is 7.31. The van der Waals surface area contributed by atoms with E-state index in [0.29, 0.717) is 17.8 Å². The van der Waals surface area contributed by atoms with E-state index in [-0.39, 0.29) is 0 Å². The van der Waals surface area contributed by atoms with Crippen LogP contribution in [0.15, 0.2) is 39.1 Å². The zero-order chi connectivity index (χ0) is 21.1. The summed E-state index contributed by atoms with van der Waals surface area (Å²) in [7, 11) is 0. The van der Waals surface area contributed by atoms with Crippen LogP contribution in [0.1, 0.15) is 46.1 Å². The number of nitrogens with two attached hydrogens (primary N) is 1. The maximum absolute atomic E-state index is 5.96. The summed E-state index contributed by atoms with van der Waals surface area (Å²) in [5, 5.41) is 0.840. The van der Waals surface area contributed by atoms with Crippen LogP contribution in [0.2, 0.25) is 0 Å². The molecule has 150 valence electrons. The lowest BCUT2D eigenvalue weighted by Gasteiger charge is -2.08. The number of anilines is 1. The van der Waals surface area contributed by atoms with Crippen molar-refractivity contribution in [3.63, 3.8) is 0 Å². The fourth-order valence-corrected chi connectivity index (χ4v) is 4.25. The molecule has 0 atom stereocenters. The lowest BCUT2D eigenvalue weighted by Crippen LogP contribution is -2.01. The summed E-state index contributed by atoms with van der Waals surface area (Å²) in [6.45, 7) is 10.8. The summed E-state index contributed by atoms with van der Waals surface area (Å²) < 4.78 is 3.10. The van der Waals surface area contributed by atoms with E-state index in [2.05, 4.69) is 66.5 Å². The Labute approximate surface area is 180 Å². The Morgan fingerprint density at radius 1 is 1.18 bits per heavy atom. The molecule has 0 aliphatic heterocycles. The molecule has 0 spiro atoms. The zero-order valence-corrected chi connectivity index (χ0v) is 19.6. The lowest BCUT2D eigenvalue weighted by molar-refractivity contribution is 0.615. The maximum Gasteiger partial charge on any atom is 0.175 e. The van der Waals surface area contributed by atoms with E-state index >= 15 is 0 Å². The number of hydrogen-bond acceptors (Lipinski definition) is 5. The molecule has 1 aromatic carbocycles. The third kappa shape index (κ3) is 6.25. The number of fused-ring (bicyclic) bond motifs is 1. The molecule has 2 N–H and O–H groups in total. The Morgan fingerprint density at radius 3 is 2.54 bits per heavy atom. The van der Waals surface area contributed by atoms with Crippen molar-refractivity contribution in [2.45, 2.75) is 64.1 Å². The van der Waals surface area contributed by atoms with E-state index in [1.165, 1.54) is 11.9 Å². The molecule has 0 bridgehead atoms. The summed E-state index contributed by atoms with van der Waals surface area (Å²) in [6.07, 6.45) is 8.40. The molecule has 0 aliphatic carbocycles. The number of benzene rings is 1. The largest absolute Gasteiger partial charge is 0.382 e. The van der Waals surface area contributed by atoms with Crippen LogP contribution >= 0.6 is 27.7 Å². The molecule has 0 fully saturated rings. The number of nitrogen functional groups attached to an aromatic ring is 1. The predicted octanol–water partition coefficient (Wildman–Crippen LogP) is 6.10. The third-order valence-corrected chi connectivity index (χ3v) is 4.88. The molecule has 0 amide bonds. The average Bonchev–Trinajstić information content (AvgIpc) is 3.03. The Hall–Kier alpha value is -2.04. The van der Waals surface area contributed by atoms with Crippen LogP contribution < -0.4 is 5.73 Å². The van der Waals surface area contributed by atoms with Crippen molar-refractivity contribution in [2.24, 2.45) is 0 Å². The normalized spacial score (nSPS) is 9.75. The topological polar surface area (TPSA) is 69.6 Å². The van der Waals surface area contributed by atoms with E-state index in [1.807, 2.05) is 27.7 Å². The van der Waals surface area contributed by atoms with Crippen LogP contribution in [0.25, 0.3) is 11.2 Å². The number of rotatable bonds is 5. The van der Waals surface area contributed by atoms with Gasteiger partial charge in [0.05, 0.1) is 0 Å². The monoisotopic (exact) mass is 461 g/mol. The van der Waals surface area contributed by atoms with Gasteiger partial charge in [0.2, 0.25) is 0 Å². The van der Waals surface area contributed by atoms with Crippen molar-refractivity contribution in [2.75, 3.05) is 5.73 Å². The van der Waals surface area contributed by atoms with Gasteiger partial charge in [0.15, 0.2) is 22.1 Å². The molecule has 0 saturated heterocycles. The van der Waals surface area contributed by atoms with Gasteiger partial charge in [0, 0.05) is 22.3 Å². The van der Waals surface area contributed by atoms with Gasteiger partial charge in [-0.05, 0) is 37.1 Å². The smallest absolute Gasteiger partial charge is 0.175 e. The van der Waals surface area contributed by atoms with Crippen LogP contribution in [-0.4, -0.2) is 19.5 Å². The van der Waals surface area contributed by atoms with Crippen molar-refractivity contribution in [1.29, 1.82) is 0 Å². The first-order chi connectivity index (χ1) is 13.6. The van der Waals surface area contributed by atoms with Gasteiger partial charge in [-0.3, -0.25) is 0 Å². The quantitative estimate of drug-likeness (QED) is 0.367. The summed E-state index contributed by atoms with van der Waals surface area (Å²) in [5.41, 5.74) is 8.52. The SMILES string of the molecule is C#CCCCn1c(Sc2cc(C)cc(Br)c2)nc2c(N)ncnc21.CC.CC. The number of hydrogen-bond donors (Lipinski definition) is 1. The first kappa shape index (κ1) is 24.0. The number of unbranched alkanes of at least 4 members (excludes halogenated alkanes) is 1. The molecule has 7 heteroatoms. The molecular formula is C21H28BrN5S.